The highest BCUT2D eigenvalue weighted by atomic mass is 16.3. The lowest BCUT2D eigenvalue weighted by atomic mass is 9.71. The molecule has 0 spiro atoms. The molecule has 0 aromatic heterocycles. The Morgan fingerprint density at radius 1 is 0.429 bits per heavy atom. The Morgan fingerprint density at radius 2 is 0.667 bits per heavy atom. The maximum atomic E-state index is 11.6. The van der Waals surface area contributed by atoms with Crippen molar-refractivity contribution >= 4 is 0 Å². The number of benzene rings is 6. The van der Waals surface area contributed by atoms with Crippen molar-refractivity contribution in [2.45, 2.75) is 25.7 Å². The molecule has 6 rings (SSSR count). The number of rotatable bonds is 7. The molecule has 0 radical (unpaired) electrons. The van der Waals surface area contributed by atoms with Crippen molar-refractivity contribution in [1.29, 1.82) is 0 Å². The lowest BCUT2D eigenvalue weighted by molar-refractivity contribution is 0.476. The molecule has 0 unspecified atom stereocenters. The van der Waals surface area contributed by atoms with E-state index in [9.17, 15) is 10.2 Å². The highest BCUT2D eigenvalue weighted by Crippen LogP contribution is 2.48. The number of aromatic hydroxyl groups is 2. The van der Waals surface area contributed by atoms with Gasteiger partial charge < -0.3 is 10.2 Å². The van der Waals surface area contributed by atoms with Crippen molar-refractivity contribution in [2.75, 3.05) is 0 Å². The fraction of sp³-hybridized carbons (Fsp3) is 0.100. The van der Waals surface area contributed by atoms with Crippen molar-refractivity contribution in [3.05, 3.63) is 157 Å². The molecule has 0 saturated carbocycles. The zero-order chi connectivity index (χ0) is 29.1. The van der Waals surface area contributed by atoms with Gasteiger partial charge in [-0.15, -0.1) is 0 Å². The van der Waals surface area contributed by atoms with Gasteiger partial charge >= 0.3 is 0 Å². The smallest absolute Gasteiger partial charge is 0.131 e. The monoisotopic (exact) mass is 546 g/mol. The SMILES string of the molecule is CCC(C)(c1cc(-c2ccccc2)c(O)c(-c2ccccc2)c1)c1cc(-c2ccccc2)c(O)c(-c2ccccc2)c1. The molecule has 0 heterocycles. The van der Waals surface area contributed by atoms with E-state index >= 15 is 0 Å². The average molecular weight is 547 g/mol. The quantitative estimate of drug-likeness (QED) is 0.209. The summed E-state index contributed by atoms with van der Waals surface area (Å²) in [4.78, 5) is 0. The van der Waals surface area contributed by atoms with Gasteiger partial charge in [0.2, 0.25) is 0 Å². The summed E-state index contributed by atoms with van der Waals surface area (Å²) in [5, 5.41) is 23.2. The summed E-state index contributed by atoms with van der Waals surface area (Å²) in [5.74, 6) is 0.547. The summed E-state index contributed by atoms with van der Waals surface area (Å²) < 4.78 is 0. The summed E-state index contributed by atoms with van der Waals surface area (Å²) in [5.41, 5.74) is 8.85. The van der Waals surface area contributed by atoms with Crippen LogP contribution in [0.15, 0.2) is 146 Å². The van der Waals surface area contributed by atoms with Crippen molar-refractivity contribution in [2.24, 2.45) is 0 Å². The Bertz CT molecular complexity index is 1560. The molecule has 0 aliphatic rings. The Kier molecular flexibility index (Phi) is 7.37. The fourth-order valence-corrected chi connectivity index (χ4v) is 5.83. The molecule has 2 N–H and O–H groups in total. The van der Waals surface area contributed by atoms with Gasteiger partial charge in [-0.05, 0) is 64.1 Å². The van der Waals surface area contributed by atoms with E-state index in [2.05, 4.69) is 38.1 Å². The van der Waals surface area contributed by atoms with E-state index < -0.39 is 5.41 Å². The molecule has 0 aliphatic carbocycles. The molecule has 2 heteroatoms. The highest BCUT2D eigenvalue weighted by Gasteiger charge is 2.31. The Labute approximate surface area is 248 Å². The van der Waals surface area contributed by atoms with Crippen LogP contribution in [0.25, 0.3) is 44.5 Å². The van der Waals surface area contributed by atoms with Crippen LogP contribution in [0.2, 0.25) is 0 Å². The maximum absolute atomic E-state index is 11.6. The zero-order valence-electron chi connectivity index (χ0n) is 24.0. The van der Waals surface area contributed by atoms with Crippen molar-refractivity contribution in [3.8, 4) is 56.0 Å². The summed E-state index contributed by atoms with van der Waals surface area (Å²) >= 11 is 0. The van der Waals surface area contributed by atoms with E-state index in [0.29, 0.717) is 0 Å². The molecule has 0 saturated heterocycles. The van der Waals surface area contributed by atoms with E-state index in [1.807, 2.05) is 121 Å². The van der Waals surface area contributed by atoms with Crippen LogP contribution >= 0.6 is 0 Å². The van der Waals surface area contributed by atoms with Gasteiger partial charge in [0.05, 0.1) is 0 Å². The molecule has 0 fully saturated rings. The van der Waals surface area contributed by atoms with Crippen LogP contribution in [0.3, 0.4) is 0 Å². The van der Waals surface area contributed by atoms with Crippen LogP contribution in [0.4, 0.5) is 0 Å². The molecule has 6 aromatic carbocycles. The first kappa shape index (κ1) is 27.1. The first-order valence-electron chi connectivity index (χ1n) is 14.5. The molecule has 6 aromatic rings. The van der Waals surface area contributed by atoms with Crippen LogP contribution in [0.1, 0.15) is 31.4 Å². The number of hydrogen-bond acceptors (Lipinski definition) is 2. The van der Waals surface area contributed by atoms with Crippen LogP contribution in [-0.4, -0.2) is 10.2 Å². The lowest BCUT2D eigenvalue weighted by Crippen LogP contribution is -2.23. The second-order valence-corrected chi connectivity index (χ2v) is 11.0. The van der Waals surface area contributed by atoms with Crippen molar-refractivity contribution < 1.29 is 10.2 Å². The fourth-order valence-electron chi connectivity index (χ4n) is 5.83. The van der Waals surface area contributed by atoms with Gasteiger partial charge in [-0.3, -0.25) is 0 Å². The standard InChI is InChI=1S/C40H34O2/c1-3-40(2,32-24-34(28-16-8-4-9-17-28)38(41)35(25-32)29-18-10-5-11-19-29)33-26-36(30-20-12-6-13-21-30)39(42)37(27-33)31-22-14-7-15-23-31/h4-27,41-42H,3H2,1-2H3. The summed E-state index contributed by atoms with van der Waals surface area (Å²) in [7, 11) is 0. The number of phenolic OH excluding ortho intramolecular Hbond substituents is 2. The minimum Gasteiger partial charge on any atom is -0.507 e. The van der Waals surface area contributed by atoms with Crippen molar-refractivity contribution in [1.82, 2.24) is 0 Å². The Morgan fingerprint density at radius 3 is 0.881 bits per heavy atom. The molecule has 2 nitrogen and oxygen atoms in total. The van der Waals surface area contributed by atoms with E-state index in [4.69, 9.17) is 0 Å². The average Bonchev–Trinajstić information content (AvgIpc) is 3.06. The predicted octanol–water partition coefficient (Wildman–Crippen LogP) is 10.5. The van der Waals surface area contributed by atoms with Gasteiger partial charge in [0.1, 0.15) is 11.5 Å². The van der Waals surface area contributed by atoms with Gasteiger partial charge in [0.25, 0.3) is 0 Å². The normalized spacial score (nSPS) is 11.4. The van der Waals surface area contributed by atoms with Gasteiger partial charge in [0.15, 0.2) is 0 Å². The third-order valence-electron chi connectivity index (χ3n) is 8.54. The number of hydrogen-bond donors (Lipinski definition) is 2. The molecule has 0 atom stereocenters. The first-order valence-corrected chi connectivity index (χ1v) is 14.5. The second-order valence-electron chi connectivity index (χ2n) is 11.0. The molecule has 206 valence electrons. The third-order valence-corrected chi connectivity index (χ3v) is 8.54. The summed E-state index contributed by atoms with van der Waals surface area (Å²) in [6.45, 7) is 4.47. The lowest BCUT2D eigenvalue weighted by Gasteiger charge is -2.32. The first-order chi connectivity index (χ1) is 20.5. The van der Waals surface area contributed by atoms with Crippen LogP contribution < -0.4 is 0 Å². The largest absolute Gasteiger partial charge is 0.507 e. The molecular formula is C40H34O2. The highest BCUT2D eigenvalue weighted by molar-refractivity contribution is 5.85. The maximum Gasteiger partial charge on any atom is 0.131 e. The van der Waals surface area contributed by atoms with E-state index in [1.54, 1.807) is 0 Å². The molecular weight excluding hydrogens is 512 g/mol. The molecule has 0 bridgehead atoms. The molecule has 42 heavy (non-hydrogen) atoms. The summed E-state index contributed by atoms with van der Waals surface area (Å²) in [6.07, 6.45) is 0.813. The topological polar surface area (TPSA) is 40.5 Å². The van der Waals surface area contributed by atoms with Crippen LogP contribution in [-0.2, 0) is 5.41 Å². The zero-order valence-corrected chi connectivity index (χ0v) is 24.0. The minimum atomic E-state index is -0.429. The molecule has 0 amide bonds. The van der Waals surface area contributed by atoms with E-state index in [0.717, 1.165) is 62.1 Å². The van der Waals surface area contributed by atoms with E-state index in [1.165, 1.54) is 0 Å². The third kappa shape index (κ3) is 4.97. The van der Waals surface area contributed by atoms with Crippen LogP contribution in [0.5, 0.6) is 11.5 Å². The van der Waals surface area contributed by atoms with Gasteiger partial charge in [-0.25, -0.2) is 0 Å². The van der Waals surface area contributed by atoms with Crippen molar-refractivity contribution in [3.63, 3.8) is 0 Å². The second kappa shape index (κ2) is 11.4. The Hall–Kier alpha value is -5.08. The predicted molar refractivity (Wildman–Crippen MR) is 175 cm³/mol. The van der Waals surface area contributed by atoms with E-state index in [-0.39, 0.29) is 11.5 Å². The summed E-state index contributed by atoms with van der Waals surface area (Å²) in [6, 6.07) is 48.8. The molecule has 0 aliphatic heterocycles. The number of phenols is 2. The van der Waals surface area contributed by atoms with Gasteiger partial charge in [0, 0.05) is 27.7 Å². The van der Waals surface area contributed by atoms with Gasteiger partial charge in [-0.2, -0.15) is 0 Å². The van der Waals surface area contributed by atoms with Crippen LogP contribution in [0, 0.1) is 0 Å². The Balaban J connectivity index is 1.63. The van der Waals surface area contributed by atoms with Gasteiger partial charge in [-0.1, -0.05) is 135 Å². The minimum absolute atomic E-state index is 0.273.